The summed E-state index contributed by atoms with van der Waals surface area (Å²) in [5, 5.41) is 0. The lowest BCUT2D eigenvalue weighted by Gasteiger charge is -2.07. The summed E-state index contributed by atoms with van der Waals surface area (Å²) in [6.07, 6.45) is 1.47. The van der Waals surface area contributed by atoms with Crippen LogP contribution in [-0.4, -0.2) is 30.7 Å². The molecule has 0 radical (unpaired) electrons. The predicted octanol–water partition coefficient (Wildman–Crippen LogP) is 0.874. The lowest BCUT2D eigenvalue weighted by molar-refractivity contribution is 0.0305. The Hall–Kier alpha value is -1.50. The van der Waals surface area contributed by atoms with Crippen LogP contribution in [0.1, 0.15) is 29.9 Å². The number of ether oxygens (including phenoxy) is 2. The fourth-order valence-electron chi connectivity index (χ4n) is 1.34. The van der Waals surface area contributed by atoms with E-state index in [4.69, 9.17) is 15.3 Å². The Morgan fingerprint density at radius 1 is 1.37 bits per heavy atom. The van der Waals surface area contributed by atoms with Crippen molar-refractivity contribution < 1.29 is 14.3 Å². The summed E-state index contributed by atoms with van der Waals surface area (Å²) in [6.45, 7) is 6.44. The van der Waals surface area contributed by atoms with Gasteiger partial charge in [0, 0.05) is 12.8 Å². The third kappa shape index (κ3) is 6.28. The first-order valence-electron chi connectivity index (χ1n) is 6.25. The van der Waals surface area contributed by atoms with Gasteiger partial charge in [0.15, 0.2) is 0 Å². The minimum atomic E-state index is -0.359. The predicted molar refractivity (Wildman–Crippen MR) is 71.2 cm³/mol. The van der Waals surface area contributed by atoms with Crippen LogP contribution in [-0.2, 0) is 16.1 Å². The van der Waals surface area contributed by atoms with Crippen LogP contribution in [0.4, 0.5) is 0 Å². The minimum absolute atomic E-state index is 0.359. The van der Waals surface area contributed by atoms with Gasteiger partial charge in [-0.1, -0.05) is 13.8 Å². The Morgan fingerprint density at radius 2 is 2.11 bits per heavy atom. The van der Waals surface area contributed by atoms with Gasteiger partial charge in [0.25, 0.3) is 5.91 Å². The summed E-state index contributed by atoms with van der Waals surface area (Å²) in [5.41, 5.74) is 3.23. The summed E-state index contributed by atoms with van der Waals surface area (Å²) in [7, 11) is 0. The van der Waals surface area contributed by atoms with Gasteiger partial charge in [0.2, 0.25) is 0 Å². The van der Waals surface area contributed by atoms with Gasteiger partial charge in [-0.25, -0.2) is 5.84 Å². The zero-order valence-electron chi connectivity index (χ0n) is 11.4. The van der Waals surface area contributed by atoms with Crippen molar-refractivity contribution >= 4 is 5.91 Å². The van der Waals surface area contributed by atoms with E-state index in [9.17, 15) is 4.79 Å². The summed E-state index contributed by atoms with van der Waals surface area (Å²) >= 11 is 0. The molecule has 0 saturated heterocycles. The lowest BCUT2D eigenvalue weighted by Crippen LogP contribution is -2.30. The fraction of sp³-hybridized carbons (Fsp3) is 0.538. The van der Waals surface area contributed by atoms with E-state index in [1.165, 1.54) is 6.20 Å². The molecular formula is C13H21N3O3. The molecule has 1 rings (SSSR count). The normalized spacial score (nSPS) is 10.7. The van der Waals surface area contributed by atoms with Crippen LogP contribution in [0.3, 0.4) is 0 Å². The number of hydrazine groups is 1. The summed E-state index contributed by atoms with van der Waals surface area (Å²) in [5.74, 6) is 5.20. The van der Waals surface area contributed by atoms with E-state index in [2.05, 4.69) is 18.8 Å². The van der Waals surface area contributed by atoms with Gasteiger partial charge in [-0.15, -0.1) is 0 Å². The van der Waals surface area contributed by atoms with Crippen molar-refractivity contribution in [3.63, 3.8) is 0 Å². The number of carbonyl (C=O) groups excluding carboxylic acids is 1. The van der Waals surface area contributed by atoms with Gasteiger partial charge < -0.3 is 9.47 Å². The molecule has 0 bridgehead atoms. The number of rotatable bonds is 8. The minimum Gasteiger partial charge on any atom is -0.379 e. The number of pyridine rings is 1. The van der Waals surface area contributed by atoms with E-state index in [1.54, 1.807) is 12.1 Å². The molecule has 6 nitrogen and oxygen atoms in total. The zero-order valence-corrected chi connectivity index (χ0v) is 11.4. The smallest absolute Gasteiger partial charge is 0.266 e. The molecule has 0 aliphatic rings. The van der Waals surface area contributed by atoms with E-state index < -0.39 is 0 Å². The number of hydrogen-bond acceptors (Lipinski definition) is 5. The van der Waals surface area contributed by atoms with Crippen molar-refractivity contribution in [1.29, 1.82) is 0 Å². The van der Waals surface area contributed by atoms with Crippen LogP contribution in [0.5, 0.6) is 0 Å². The fourth-order valence-corrected chi connectivity index (χ4v) is 1.34. The highest BCUT2D eigenvalue weighted by Gasteiger charge is 2.03. The number of amides is 1. The average molecular weight is 267 g/mol. The quantitative estimate of drug-likeness (QED) is 0.316. The summed E-state index contributed by atoms with van der Waals surface area (Å²) in [4.78, 5) is 15.3. The van der Waals surface area contributed by atoms with E-state index in [0.29, 0.717) is 31.3 Å². The molecule has 0 saturated carbocycles. The molecule has 6 heteroatoms. The Kier molecular flexibility index (Phi) is 7.02. The van der Waals surface area contributed by atoms with Gasteiger partial charge in [-0.2, -0.15) is 0 Å². The SMILES string of the molecule is CC(C)COCCOCc1ccc(C(=O)NN)cn1. The van der Waals surface area contributed by atoms with Crippen LogP contribution < -0.4 is 11.3 Å². The van der Waals surface area contributed by atoms with Crippen LogP contribution >= 0.6 is 0 Å². The maximum Gasteiger partial charge on any atom is 0.266 e. The highest BCUT2D eigenvalue weighted by atomic mass is 16.5. The van der Waals surface area contributed by atoms with Crippen molar-refractivity contribution in [2.45, 2.75) is 20.5 Å². The molecular weight excluding hydrogens is 246 g/mol. The first-order chi connectivity index (χ1) is 9.13. The molecule has 1 heterocycles. The van der Waals surface area contributed by atoms with Crippen molar-refractivity contribution in [3.8, 4) is 0 Å². The molecule has 19 heavy (non-hydrogen) atoms. The van der Waals surface area contributed by atoms with Crippen LogP contribution in [0.25, 0.3) is 0 Å². The molecule has 1 aromatic heterocycles. The van der Waals surface area contributed by atoms with Gasteiger partial charge in [-0.05, 0) is 18.1 Å². The highest BCUT2D eigenvalue weighted by molar-refractivity contribution is 5.93. The number of nitrogens with one attached hydrogen (secondary N) is 1. The van der Waals surface area contributed by atoms with Crippen LogP contribution in [0, 0.1) is 5.92 Å². The van der Waals surface area contributed by atoms with Crippen molar-refractivity contribution in [2.75, 3.05) is 19.8 Å². The molecule has 0 aliphatic heterocycles. The number of nitrogens with two attached hydrogens (primary N) is 1. The van der Waals surface area contributed by atoms with Gasteiger partial charge in [-0.3, -0.25) is 15.2 Å². The monoisotopic (exact) mass is 267 g/mol. The number of aromatic nitrogens is 1. The van der Waals surface area contributed by atoms with Crippen LogP contribution in [0.2, 0.25) is 0 Å². The molecule has 0 fully saturated rings. The standard InChI is InChI=1S/C13H21N3O3/c1-10(2)8-18-5-6-19-9-12-4-3-11(7-15-12)13(17)16-14/h3-4,7,10H,5-6,8-9,14H2,1-2H3,(H,16,17). The Bertz CT molecular complexity index is 379. The first-order valence-corrected chi connectivity index (χ1v) is 6.25. The van der Waals surface area contributed by atoms with Crippen molar-refractivity contribution in [1.82, 2.24) is 10.4 Å². The molecule has 3 N–H and O–H groups in total. The number of carbonyl (C=O) groups is 1. The molecule has 1 amide bonds. The lowest BCUT2D eigenvalue weighted by atomic mass is 10.2. The van der Waals surface area contributed by atoms with Gasteiger partial charge in [0.1, 0.15) is 0 Å². The van der Waals surface area contributed by atoms with Gasteiger partial charge >= 0.3 is 0 Å². The third-order valence-electron chi connectivity index (χ3n) is 2.29. The highest BCUT2D eigenvalue weighted by Crippen LogP contribution is 2.01. The van der Waals surface area contributed by atoms with E-state index in [1.807, 2.05) is 5.43 Å². The van der Waals surface area contributed by atoms with E-state index in [-0.39, 0.29) is 5.91 Å². The zero-order chi connectivity index (χ0) is 14.1. The Balaban J connectivity index is 2.21. The summed E-state index contributed by atoms with van der Waals surface area (Å²) < 4.78 is 10.8. The molecule has 0 atom stereocenters. The third-order valence-corrected chi connectivity index (χ3v) is 2.29. The molecule has 0 aromatic carbocycles. The first kappa shape index (κ1) is 15.6. The Morgan fingerprint density at radius 3 is 2.68 bits per heavy atom. The topological polar surface area (TPSA) is 86.5 Å². The second kappa shape index (κ2) is 8.58. The number of nitrogens with zero attached hydrogens (tertiary/aromatic N) is 1. The molecule has 0 aliphatic carbocycles. The molecule has 1 aromatic rings. The van der Waals surface area contributed by atoms with E-state index >= 15 is 0 Å². The second-order valence-electron chi connectivity index (χ2n) is 4.53. The van der Waals surface area contributed by atoms with Crippen molar-refractivity contribution in [2.24, 2.45) is 11.8 Å². The van der Waals surface area contributed by atoms with E-state index in [0.717, 1.165) is 12.3 Å². The molecule has 0 spiro atoms. The molecule has 0 unspecified atom stereocenters. The average Bonchev–Trinajstić information content (AvgIpc) is 2.42. The number of hydrogen-bond donors (Lipinski definition) is 2. The maximum atomic E-state index is 11.2. The van der Waals surface area contributed by atoms with Crippen LogP contribution in [0.15, 0.2) is 18.3 Å². The van der Waals surface area contributed by atoms with Crippen molar-refractivity contribution in [3.05, 3.63) is 29.6 Å². The maximum absolute atomic E-state index is 11.2. The second-order valence-corrected chi connectivity index (χ2v) is 4.53. The molecule has 106 valence electrons. The number of nitrogen functional groups attached to an aromatic ring is 1. The Labute approximate surface area is 113 Å². The largest absolute Gasteiger partial charge is 0.379 e. The van der Waals surface area contributed by atoms with Gasteiger partial charge in [0.05, 0.1) is 31.1 Å². The summed E-state index contributed by atoms with van der Waals surface area (Å²) in [6, 6.07) is 3.39.